The fraction of sp³-hybridized carbons (Fsp3) is 0.115. The van der Waals surface area contributed by atoms with E-state index in [-0.39, 0.29) is 0 Å². The van der Waals surface area contributed by atoms with E-state index in [1.165, 1.54) is 5.56 Å². The van der Waals surface area contributed by atoms with Crippen molar-refractivity contribution in [2.24, 2.45) is 0 Å². The molecule has 0 aliphatic rings. The summed E-state index contributed by atoms with van der Waals surface area (Å²) in [6, 6.07) is 27.2. The van der Waals surface area contributed by atoms with Crippen LogP contribution < -0.4 is 4.90 Å². The second kappa shape index (κ2) is 8.85. The van der Waals surface area contributed by atoms with Crippen molar-refractivity contribution in [3.8, 4) is 11.1 Å². The van der Waals surface area contributed by atoms with Gasteiger partial charge in [-0.1, -0.05) is 72.4 Å². The van der Waals surface area contributed by atoms with Gasteiger partial charge in [0.15, 0.2) is 5.16 Å². The number of hydrogen-bond acceptors (Lipinski definition) is 5. The van der Waals surface area contributed by atoms with Crippen molar-refractivity contribution < 1.29 is 0 Å². The smallest absolute Gasteiger partial charge is 0.189 e. The molecule has 2 aromatic heterocycles. The van der Waals surface area contributed by atoms with Crippen molar-refractivity contribution in [1.29, 1.82) is 0 Å². The zero-order valence-corrected chi connectivity index (χ0v) is 18.8. The van der Waals surface area contributed by atoms with E-state index in [1.54, 1.807) is 18.0 Å². The Bertz CT molecular complexity index is 1350. The normalized spacial score (nSPS) is 11.1. The minimum Gasteiger partial charge on any atom is -0.329 e. The van der Waals surface area contributed by atoms with E-state index >= 15 is 0 Å². The molecule has 0 unspecified atom stereocenters. The lowest BCUT2D eigenvalue weighted by Crippen LogP contribution is -2.12. The lowest BCUT2D eigenvalue weighted by molar-refractivity contribution is 0.824. The third kappa shape index (κ3) is 3.97. The first-order valence-electron chi connectivity index (χ1n) is 10.4. The molecule has 0 radical (unpaired) electrons. The summed E-state index contributed by atoms with van der Waals surface area (Å²) in [6.07, 6.45) is 5.73. The predicted molar refractivity (Wildman–Crippen MR) is 133 cm³/mol. The number of fused-ring (bicyclic) bond motifs is 1. The van der Waals surface area contributed by atoms with Gasteiger partial charge in [0.05, 0.1) is 17.4 Å². The summed E-state index contributed by atoms with van der Waals surface area (Å²) in [6.45, 7) is 0.767. The zero-order valence-electron chi connectivity index (χ0n) is 18.0. The molecule has 2 heterocycles. The van der Waals surface area contributed by atoms with Crippen LogP contribution in [-0.2, 0) is 6.54 Å². The van der Waals surface area contributed by atoms with Gasteiger partial charge in [-0.15, -0.1) is 0 Å². The molecule has 0 aliphatic carbocycles. The Morgan fingerprint density at radius 3 is 2.41 bits per heavy atom. The molecular weight excluding hydrogens is 414 g/mol. The first-order valence-corrected chi connectivity index (χ1v) is 11.6. The van der Waals surface area contributed by atoms with Crippen LogP contribution in [0.3, 0.4) is 0 Å². The summed E-state index contributed by atoms with van der Waals surface area (Å²) in [5.41, 5.74) is 6.64. The van der Waals surface area contributed by atoms with Gasteiger partial charge < -0.3 is 9.47 Å². The molecule has 0 saturated carbocycles. The van der Waals surface area contributed by atoms with E-state index in [2.05, 4.69) is 80.1 Å². The second-order valence-electron chi connectivity index (χ2n) is 7.55. The largest absolute Gasteiger partial charge is 0.329 e. The molecule has 0 atom stereocenters. The van der Waals surface area contributed by atoms with Crippen LogP contribution in [0.1, 0.15) is 5.56 Å². The topological polar surface area (TPSA) is 46.8 Å². The van der Waals surface area contributed by atoms with Gasteiger partial charge in [0, 0.05) is 31.0 Å². The van der Waals surface area contributed by atoms with Gasteiger partial charge in [-0.05, 0) is 35.6 Å². The van der Waals surface area contributed by atoms with Crippen molar-refractivity contribution in [1.82, 2.24) is 19.5 Å². The van der Waals surface area contributed by atoms with Gasteiger partial charge in [0.2, 0.25) is 0 Å². The molecule has 0 saturated heterocycles. The standard InChI is InChI=1S/C26H23N5S/c1-30(24-13-14-27-26(29-24)32-2)21-15-22(20-11-7-4-8-12-20)25-23(16-21)31(18-28-25)17-19-9-5-3-6-10-19/h3-16,18H,17H2,1-2H3. The van der Waals surface area contributed by atoms with E-state index in [0.717, 1.165) is 45.4 Å². The van der Waals surface area contributed by atoms with Gasteiger partial charge in [-0.2, -0.15) is 0 Å². The Balaban J connectivity index is 1.66. The van der Waals surface area contributed by atoms with E-state index in [4.69, 9.17) is 4.98 Å². The maximum absolute atomic E-state index is 4.81. The van der Waals surface area contributed by atoms with Crippen LogP contribution in [0.5, 0.6) is 0 Å². The molecule has 158 valence electrons. The van der Waals surface area contributed by atoms with Gasteiger partial charge in [0.1, 0.15) is 5.82 Å². The van der Waals surface area contributed by atoms with Crippen molar-refractivity contribution in [2.45, 2.75) is 11.7 Å². The average Bonchev–Trinajstić information content (AvgIpc) is 3.26. The number of hydrogen-bond donors (Lipinski definition) is 0. The van der Waals surface area contributed by atoms with Gasteiger partial charge in [0.25, 0.3) is 0 Å². The molecule has 0 bridgehead atoms. The Morgan fingerprint density at radius 1 is 0.906 bits per heavy atom. The molecule has 5 rings (SSSR count). The molecular formula is C26H23N5S. The molecule has 5 aromatic rings. The second-order valence-corrected chi connectivity index (χ2v) is 8.32. The lowest BCUT2D eigenvalue weighted by Gasteiger charge is -2.20. The minimum atomic E-state index is 0.757. The van der Waals surface area contributed by atoms with E-state index in [9.17, 15) is 0 Å². The number of aromatic nitrogens is 4. The Kier molecular flexibility index (Phi) is 5.60. The SMILES string of the molecule is CSc1nccc(N(C)c2cc(-c3ccccc3)c3ncn(Cc4ccccc4)c3c2)n1. The van der Waals surface area contributed by atoms with Crippen LogP contribution >= 0.6 is 11.8 Å². The Morgan fingerprint density at radius 2 is 1.66 bits per heavy atom. The predicted octanol–water partition coefficient (Wildman–Crippen LogP) is 6.03. The minimum absolute atomic E-state index is 0.757. The zero-order chi connectivity index (χ0) is 21.9. The quantitative estimate of drug-likeness (QED) is 0.240. The van der Waals surface area contributed by atoms with Crippen molar-refractivity contribution in [3.05, 3.63) is 97.0 Å². The number of benzene rings is 3. The highest BCUT2D eigenvalue weighted by molar-refractivity contribution is 7.98. The maximum Gasteiger partial charge on any atom is 0.189 e. The number of thioether (sulfide) groups is 1. The summed E-state index contributed by atoms with van der Waals surface area (Å²) >= 11 is 1.54. The Hall–Kier alpha value is -3.64. The number of nitrogens with zero attached hydrogens (tertiary/aromatic N) is 5. The summed E-state index contributed by atoms with van der Waals surface area (Å²) in [5.74, 6) is 0.858. The highest BCUT2D eigenvalue weighted by atomic mass is 32.2. The molecule has 0 fully saturated rings. The fourth-order valence-corrected chi connectivity index (χ4v) is 4.19. The van der Waals surface area contributed by atoms with Crippen molar-refractivity contribution in [2.75, 3.05) is 18.2 Å². The third-order valence-corrected chi connectivity index (χ3v) is 6.08. The van der Waals surface area contributed by atoms with Crippen LogP contribution in [0.25, 0.3) is 22.2 Å². The van der Waals surface area contributed by atoms with Gasteiger partial charge in [-0.3, -0.25) is 0 Å². The fourth-order valence-electron chi connectivity index (χ4n) is 3.84. The van der Waals surface area contributed by atoms with Crippen molar-refractivity contribution in [3.63, 3.8) is 0 Å². The van der Waals surface area contributed by atoms with Crippen LogP contribution in [0.15, 0.2) is 96.5 Å². The molecule has 0 N–H and O–H groups in total. The molecule has 3 aromatic carbocycles. The molecule has 0 spiro atoms. The molecule has 32 heavy (non-hydrogen) atoms. The van der Waals surface area contributed by atoms with E-state index < -0.39 is 0 Å². The number of rotatable bonds is 6. The van der Waals surface area contributed by atoms with Crippen LogP contribution in [0.4, 0.5) is 11.5 Å². The summed E-state index contributed by atoms with van der Waals surface area (Å²) in [5, 5.41) is 0.757. The first-order chi connectivity index (χ1) is 15.7. The van der Waals surface area contributed by atoms with E-state index in [1.807, 2.05) is 37.8 Å². The lowest BCUT2D eigenvalue weighted by atomic mass is 10.0. The third-order valence-electron chi connectivity index (χ3n) is 5.52. The first kappa shape index (κ1) is 20.3. The number of imidazole rings is 1. The monoisotopic (exact) mass is 437 g/mol. The summed E-state index contributed by atoms with van der Waals surface area (Å²) < 4.78 is 2.21. The maximum atomic E-state index is 4.81. The van der Waals surface area contributed by atoms with Gasteiger partial charge >= 0.3 is 0 Å². The highest BCUT2D eigenvalue weighted by Crippen LogP contribution is 2.35. The van der Waals surface area contributed by atoms with Crippen molar-refractivity contribution >= 4 is 34.3 Å². The summed E-state index contributed by atoms with van der Waals surface area (Å²) in [4.78, 5) is 15.9. The van der Waals surface area contributed by atoms with Crippen LogP contribution in [0.2, 0.25) is 0 Å². The van der Waals surface area contributed by atoms with Crippen LogP contribution in [-0.4, -0.2) is 32.8 Å². The number of anilines is 2. The Labute approximate surface area is 191 Å². The highest BCUT2D eigenvalue weighted by Gasteiger charge is 2.15. The summed E-state index contributed by atoms with van der Waals surface area (Å²) in [7, 11) is 2.04. The van der Waals surface area contributed by atoms with Crippen LogP contribution in [0, 0.1) is 0 Å². The van der Waals surface area contributed by atoms with E-state index in [0.29, 0.717) is 0 Å². The molecule has 0 amide bonds. The molecule has 6 heteroatoms. The molecule has 5 nitrogen and oxygen atoms in total. The molecule has 0 aliphatic heterocycles. The average molecular weight is 438 g/mol. The van der Waals surface area contributed by atoms with Gasteiger partial charge in [-0.25, -0.2) is 15.0 Å².